The van der Waals surface area contributed by atoms with E-state index in [2.05, 4.69) is 10.6 Å². The highest BCUT2D eigenvalue weighted by Crippen LogP contribution is 2.29. The Labute approximate surface area is 137 Å². The highest BCUT2D eigenvalue weighted by Gasteiger charge is 2.30. The summed E-state index contributed by atoms with van der Waals surface area (Å²) in [5.41, 5.74) is 1.25. The quantitative estimate of drug-likeness (QED) is 0.890. The summed E-state index contributed by atoms with van der Waals surface area (Å²) >= 11 is 0. The van der Waals surface area contributed by atoms with Gasteiger partial charge in [0.15, 0.2) is 0 Å². The third-order valence-electron chi connectivity index (χ3n) is 4.17. The fourth-order valence-corrected chi connectivity index (χ4v) is 2.79. The van der Waals surface area contributed by atoms with Crippen LogP contribution in [-0.2, 0) is 6.18 Å². The summed E-state index contributed by atoms with van der Waals surface area (Å²) in [6, 6.07) is 11.7. The first-order valence-corrected chi connectivity index (χ1v) is 7.73. The fraction of sp³-hybridized carbons (Fsp3) is 0.278. The van der Waals surface area contributed by atoms with E-state index in [0.29, 0.717) is 11.6 Å². The number of anilines is 1. The Hall–Kier alpha value is -2.34. The van der Waals surface area contributed by atoms with Crippen LogP contribution in [0.5, 0.6) is 0 Å². The van der Waals surface area contributed by atoms with Crippen molar-refractivity contribution >= 4 is 11.6 Å². The van der Waals surface area contributed by atoms with Gasteiger partial charge in [-0.3, -0.25) is 4.79 Å². The van der Waals surface area contributed by atoms with Crippen molar-refractivity contribution < 1.29 is 18.0 Å². The Balaban J connectivity index is 1.66. The SMILES string of the molecule is O=C(Nc1ccc([C@H]2CCNC2)cc1)c1ccc(C(F)(F)F)cc1. The molecule has 1 fully saturated rings. The van der Waals surface area contributed by atoms with Gasteiger partial charge in [-0.1, -0.05) is 12.1 Å². The minimum Gasteiger partial charge on any atom is -0.322 e. The zero-order valence-corrected chi connectivity index (χ0v) is 12.9. The molecule has 0 aliphatic carbocycles. The molecule has 24 heavy (non-hydrogen) atoms. The van der Waals surface area contributed by atoms with Gasteiger partial charge in [-0.2, -0.15) is 13.2 Å². The van der Waals surface area contributed by atoms with Gasteiger partial charge in [0.1, 0.15) is 0 Å². The maximum atomic E-state index is 12.5. The number of carbonyl (C=O) groups is 1. The lowest BCUT2D eigenvalue weighted by atomic mass is 9.98. The van der Waals surface area contributed by atoms with Gasteiger partial charge in [0.2, 0.25) is 0 Å². The third kappa shape index (κ3) is 3.76. The van der Waals surface area contributed by atoms with Crippen molar-refractivity contribution in [2.45, 2.75) is 18.5 Å². The normalized spacial score (nSPS) is 17.7. The number of nitrogens with one attached hydrogen (secondary N) is 2. The highest BCUT2D eigenvalue weighted by atomic mass is 19.4. The lowest BCUT2D eigenvalue weighted by Gasteiger charge is -2.11. The van der Waals surface area contributed by atoms with Crippen LogP contribution in [0.2, 0.25) is 0 Å². The summed E-state index contributed by atoms with van der Waals surface area (Å²) in [5, 5.41) is 6.00. The fourth-order valence-electron chi connectivity index (χ4n) is 2.79. The molecule has 0 saturated carbocycles. The first-order valence-electron chi connectivity index (χ1n) is 7.73. The maximum absolute atomic E-state index is 12.5. The lowest BCUT2D eigenvalue weighted by Crippen LogP contribution is -2.13. The predicted octanol–water partition coefficient (Wildman–Crippen LogP) is 4.03. The Morgan fingerprint density at radius 2 is 1.71 bits per heavy atom. The van der Waals surface area contributed by atoms with Gasteiger partial charge in [-0.25, -0.2) is 0 Å². The van der Waals surface area contributed by atoms with Crippen LogP contribution in [0.25, 0.3) is 0 Å². The summed E-state index contributed by atoms with van der Waals surface area (Å²) in [6.07, 6.45) is -3.31. The molecule has 1 saturated heterocycles. The zero-order chi connectivity index (χ0) is 17.2. The number of halogens is 3. The molecule has 0 unspecified atom stereocenters. The summed E-state index contributed by atoms with van der Waals surface area (Å²) in [5.74, 6) is 0.0590. The average Bonchev–Trinajstić information content (AvgIpc) is 3.09. The molecule has 1 atom stereocenters. The van der Waals surface area contributed by atoms with Crippen molar-refractivity contribution in [2.24, 2.45) is 0 Å². The van der Waals surface area contributed by atoms with Crippen LogP contribution < -0.4 is 10.6 Å². The van der Waals surface area contributed by atoms with Gasteiger partial charge in [0.05, 0.1) is 5.56 Å². The van der Waals surface area contributed by atoms with Gasteiger partial charge in [0, 0.05) is 17.8 Å². The Morgan fingerprint density at radius 3 is 2.25 bits per heavy atom. The van der Waals surface area contributed by atoms with Gasteiger partial charge >= 0.3 is 6.18 Å². The van der Waals surface area contributed by atoms with Crippen LogP contribution in [-0.4, -0.2) is 19.0 Å². The van der Waals surface area contributed by atoms with Crippen LogP contribution in [0.15, 0.2) is 48.5 Å². The average molecular weight is 334 g/mol. The molecule has 1 heterocycles. The standard InChI is InChI=1S/C18H17F3N2O/c19-18(20,21)15-5-1-13(2-6-15)17(24)23-16-7-3-12(4-8-16)14-9-10-22-11-14/h1-8,14,22H,9-11H2,(H,23,24)/t14-/m0/s1. The highest BCUT2D eigenvalue weighted by molar-refractivity contribution is 6.04. The summed E-state index contributed by atoms with van der Waals surface area (Å²) in [7, 11) is 0. The Kier molecular flexibility index (Phi) is 4.57. The maximum Gasteiger partial charge on any atom is 0.416 e. The Morgan fingerprint density at radius 1 is 1.04 bits per heavy atom. The molecule has 2 N–H and O–H groups in total. The second-order valence-electron chi connectivity index (χ2n) is 5.84. The number of carbonyl (C=O) groups excluding carboxylic acids is 1. The van der Waals surface area contributed by atoms with Crippen LogP contribution in [0.1, 0.15) is 33.8 Å². The van der Waals surface area contributed by atoms with Gasteiger partial charge in [-0.05, 0) is 60.8 Å². The third-order valence-corrected chi connectivity index (χ3v) is 4.17. The first kappa shape index (κ1) is 16.5. The molecule has 1 aliphatic heterocycles. The molecule has 3 rings (SSSR count). The molecule has 126 valence electrons. The lowest BCUT2D eigenvalue weighted by molar-refractivity contribution is -0.137. The summed E-state index contributed by atoms with van der Waals surface area (Å²) in [6.45, 7) is 1.97. The predicted molar refractivity (Wildman–Crippen MR) is 86.1 cm³/mol. The van der Waals surface area contributed by atoms with Crippen LogP contribution in [0.4, 0.5) is 18.9 Å². The molecular formula is C18H17F3N2O. The number of amides is 1. The van der Waals surface area contributed by atoms with Gasteiger partial charge in [-0.15, -0.1) is 0 Å². The van der Waals surface area contributed by atoms with Crippen molar-refractivity contribution in [1.82, 2.24) is 5.32 Å². The van der Waals surface area contributed by atoms with E-state index in [4.69, 9.17) is 0 Å². The minimum atomic E-state index is -4.40. The van der Waals surface area contributed by atoms with E-state index in [1.54, 1.807) is 0 Å². The van der Waals surface area contributed by atoms with Crippen LogP contribution >= 0.6 is 0 Å². The zero-order valence-electron chi connectivity index (χ0n) is 12.9. The number of alkyl halides is 3. The van der Waals surface area contributed by atoms with E-state index >= 15 is 0 Å². The molecule has 2 aromatic rings. The van der Waals surface area contributed by atoms with E-state index in [1.807, 2.05) is 24.3 Å². The van der Waals surface area contributed by atoms with E-state index < -0.39 is 17.6 Å². The molecule has 1 aliphatic rings. The van der Waals surface area contributed by atoms with Crippen molar-refractivity contribution in [3.05, 3.63) is 65.2 Å². The molecule has 3 nitrogen and oxygen atoms in total. The molecular weight excluding hydrogens is 317 g/mol. The van der Waals surface area contributed by atoms with Crippen molar-refractivity contribution in [3.63, 3.8) is 0 Å². The van der Waals surface area contributed by atoms with E-state index in [0.717, 1.165) is 31.6 Å². The smallest absolute Gasteiger partial charge is 0.322 e. The number of benzene rings is 2. The molecule has 2 aromatic carbocycles. The van der Waals surface area contributed by atoms with E-state index in [1.165, 1.54) is 17.7 Å². The Bertz CT molecular complexity index is 703. The number of rotatable bonds is 3. The molecule has 6 heteroatoms. The molecule has 1 amide bonds. The van der Waals surface area contributed by atoms with Crippen molar-refractivity contribution in [3.8, 4) is 0 Å². The molecule has 0 spiro atoms. The monoisotopic (exact) mass is 334 g/mol. The first-order chi connectivity index (χ1) is 11.4. The topological polar surface area (TPSA) is 41.1 Å². The second-order valence-corrected chi connectivity index (χ2v) is 5.84. The minimum absolute atomic E-state index is 0.187. The van der Waals surface area contributed by atoms with E-state index in [-0.39, 0.29) is 5.56 Å². The van der Waals surface area contributed by atoms with Gasteiger partial charge in [0.25, 0.3) is 5.91 Å². The molecule has 0 aromatic heterocycles. The van der Waals surface area contributed by atoms with E-state index in [9.17, 15) is 18.0 Å². The van der Waals surface area contributed by atoms with Crippen LogP contribution in [0.3, 0.4) is 0 Å². The number of hydrogen-bond acceptors (Lipinski definition) is 2. The van der Waals surface area contributed by atoms with Crippen molar-refractivity contribution in [1.29, 1.82) is 0 Å². The summed E-state index contributed by atoms with van der Waals surface area (Å²) < 4.78 is 37.6. The van der Waals surface area contributed by atoms with Crippen molar-refractivity contribution in [2.75, 3.05) is 18.4 Å². The second kappa shape index (κ2) is 6.65. The van der Waals surface area contributed by atoms with Crippen LogP contribution in [0, 0.1) is 0 Å². The summed E-state index contributed by atoms with van der Waals surface area (Å²) in [4.78, 5) is 12.1. The van der Waals surface area contributed by atoms with Gasteiger partial charge < -0.3 is 10.6 Å². The molecule has 0 radical (unpaired) electrons. The molecule has 0 bridgehead atoms. The largest absolute Gasteiger partial charge is 0.416 e. The number of hydrogen-bond donors (Lipinski definition) is 2.